The molecule has 0 aliphatic heterocycles. The van der Waals surface area contributed by atoms with Crippen molar-refractivity contribution in [2.24, 2.45) is 0 Å². The number of carbonyl (C=O) groups excluding carboxylic acids is 1. The van der Waals surface area contributed by atoms with Gasteiger partial charge in [-0.2, -0.15) is 0 Å². The van der Waals surface area contributed by atoms with E-state index in [2.05, 4.69) is 15.9 Å². The lowest BCUT2D eigenvalue weighted by molar-refractivity contribution is 0.0697. The van der Waals surface area contributed by atoms with Crippen molar-refractivity contribution in [3.05, 3.63) is 50.1 Å². The summed E-state index contributed by atoms with van der Waals surface area (Å²) in [6.45, 7) is 1.91. The molecular weight excluding hydrogens is 342 g/mol. The molecule has 6 heteroatoms. The zero-order valence-corrected chi connectivity index (χ0v) is 13.3. The molecule has 0 aliphatic carbocycles. The van der Waals surface area contributed by atoms with Crippen LogP contribution in [0.5, 0.6) is 0 Å². The molecule has 2 aromatic rings. The van der Waals surface area contributed by atoms with Crippen LogP contribution < -0.4 is 4.90 Å². The monoisotopic (exact) mass is 353 g/mol. The third kappa shape index (κ3) is 2.76. The smallest absolute Gasteiger partial charge is 0.337 e. The van der Waals surface area contributed by atoms with E-state index in [-0.39, 0.29) is 11.5 Å². The average Bonchev–Trinajstić information content (AvgIpc) is 2.77. The highest BCUT2D eigenvalue weighted by molar-refractivity contribution is 9.11. The predicted molar refractivity (Wildman–Crippen MR) is 82.9 cm³/mol. The zero-order chi connectivity index (χ0) is 14.9. The number of aromatic carboxylic acids is 1. The number of para-hydroxylation sites is 1. The fourth-order valence-electron chi connectivity index (χ4n) is 1.79. The van der Waals surface area contributed by atoms with Gasteiger partial charge >= 0.3 is 5.97 Å². The van der Waals surface area contributed by atoms with E-state index < -0.39 is 5.97 Å². The van der Waals surface area contributed by atoms with Crippen molar-refractivity contribution in [2.75, 3.05) is 11.9 Å². The number of amides is 1. The summed E-state index contributed by atoms with van der Waals surface area (Å²) >= 11 is 4.72. The SMILES string of the molecule is Cc1cc(C(=O)N(C)c2ccccc2C(=O)O)sc1Br. The minimum atomic E-state index is -1.05. The van der Waals surface area contributed by atoms with Crippen molar-refractivity contribution in [3.63, 3.8) is 0 Å². The second kappa shape index (κ2) is 5.76. The minimum absolute atomic E-state index is 0.107. The Balaban J connectivity index is 2.38. The van der Waals surface area contributed by atoms with Crippen LogP contribution in [0, 0.1) is 6.92 Å². The van der Waals surface area contributed by atoms with Gasteiger partial charge in [0.1, 0.15) is 0 Å². The second-order valence-electron chi connectivity index (χ2n) is 4.25. The molecule has 1 heterocycles. The molecule has 0 fully saturated rings. The molecule has 1 aromatic carbocycles. The van der Waals surface area contributed by atoms with E-state index in [9.17, 15) is 14.7 Å². The van der Waals surface area contributed by atoms with Crippen LogP contribution in [0.3, 0.4) is 0 Å². The summed E-state index contributed by atoms with van der Waals surface area (Å²) in [5, 5.41) is 9.17. The van der Waals surface area contributed by atoms with Gasteiger partial charge in [-0.1, -0.05) is 12.1 Å². The molecule has 0 aliphatic rings. The van der Waals surface area contributed by atoms with Gasteiger partial charge in [0.25, 0.3) is 5.91 Å². The number of halogens is 1. The van der Waals surface area contributed by atoms with Gasteiger partial charge in [0.05, 0.1) is 19.9 Å². The van der Waals surface area contributed by atoms with Crippen LogP contribution in [0.1, 0.15) is 25.6 Å². The standard InChI is InChI=1S/C14H12BrNO3S/c1-8-7-11(20-12(8)15)13(17)16(2)10-6-4-3-5-9(10)14(18)19/h3-7H,1-2H3,(H,18,19). The molecular formula is C14H12BrNO3S. The number of benzene rings is 1. The van der Waals surface area contributed by atoms with E-state index in [0.717, 1.165) is 9.35 Å². The Labute approximate surface area is 128 Å². The molecule has 20 heavy (non-hydrogen) atoms. The fraction of sp³-hybridized carbons (Fsp3) is 0.143. The van der Waals surface area contributed by atoms with E-state index >= 15 is 0 Å². The molecule has 4 nitrogen and oxygen atoms in total. The highest BCUT2D eigenvalue weighted by Gasteiger charge is 2.21. The molecule has 104 valence electrons. The number of carboxylic acid groups (broad SMARTS) is 1. The third-order valence-electron chi connectivity index (χ3n) is 2.87. The summed E-state index contributed by atoms with van der Waals surface area (Å²) in [4.78, 5) is 25.5. The van der Waals surface area contributed by atoms with E-state index in [1.54, 1.807) is 31.3 Å². The van der Waals surface area contributed by atoms with Crippen molar-refractivity contribution in [2.45, 2.75) is 6.92 Å². The molecule has 0 radical (unpaired) electrons. The van der Waals surface area contributed by atoms with Gasteiger partial charge in [0.2, 0.25) is 0 Å². The van der Waals surface area contributed by atoms with Crippen molar-refractivity contribution in [1.29, 1.82) is 0 Å². The summed E-state index contributed by atoms with van der Waals surface area (Å²) < 4.78 is 0.903. The molecule has 2 rings (SSSR count). The Kier molecular flexibility index (Phi) is 4.25. The Bertz CT molecular complexity index is 661. The molecule has 1 N–H and O–H groups in total. The maximum Gasteiger partial charge on any atom is 0.337 e. The van der Waals surface area contributed by atoms with Gasteiger partial charge in [0.15, 0.2) is 0 Å². The summed E-state index contributed by atoms with van der Waals surface area (Å²) in [6.07, 6.45) is 0. The van der Waals surface area contributed by atoms with Crippen LogP contribution in [0.2, 0.25) is 0 Å². The van der Waals surface area contributed by atoms with Crippen molar-refractivity contribution in [3.8, 4) is 0 Å². The zero-order valence-electron chi connectivity index (χ0n) is 10.9. The molecule has 0 atom stereocenters. The van der Waals surface area contributed by atoms with Crippen LogP contribution in [0.25, 0.3) is 0 Å². The molecule has 1 amide bonds. The number of aryl methyl sites for hydroxylation is 1. The number of hydrogen-bond acceptors (Lipinski definition) is 3. The molecule has 0 saturated carbocycles. The normalized spacial score (nSPS) is 10.3. The number of carboxylic acids is 1. The number of nitrogens with zero attached hydrogens (tertiary/aromatic N) is 1. The molecule has 0 saturated heterocycles. The van der Waals surface area contributed by atoms with Gasteiger partial charge < -0.3 is 10.0 Å². The lowest BCUT2D eigenvalue weighted by atomic mass is 10.1. The van der Waals surface area contributed by atoms with Crippen molar-refractivity contribution in [1.82, 2.24) is 0 Å². The van der Waals surface area contributed by atoms with Crippen LogP contribution >= 0.6 is 27.3 Å². The molecule has 0 unspecified atom stereocenters. The first kappa shape index (κ1) is 14.7. The Morgan fingerprint density at radius 2 is 1.95 bits per heavy atom. The minimum Gasteiger partial charge on any atom is -0.478 e. The summed E-state index contributed by atoms with van der Waals surface area (Å²) in [5.74, 6) is -1.28. The Morgan fingerprint density at radius 3 is 2.50 bits per heavy atom. The highest BCUT2D eigenvalue weighted by atomic mass is 79.9. The molecule has 0 spiro atoms. The second-order valence-corrected chi connectivity index (χ2v) is 6.62. The van der Waals surface area contributed by atoms with E-state index in [1.165, 1.54) is 22.3 Å². The van der Waals surface area contributed by atoms with Gasteiger partial charge in [-0.15, -0.1) is 11.3 Å². The van der Waals surface area contributed by atoms with E-state index in [0.29, 0.717) is 10.6 Å². The first-order valence-electron chi connectivity index (χ1n) is 5.78. The number of carbonyl (C=O) groups is 2. The molecule has 0 bridgehead atoms. The number of hydrogen-bond donors (Lipinski definition) is 1. The van der Waals surface area contributed by atoms with Gasteiger partial charge in [-0.05, 0) is 46.6 Å². The highest BCUT2D eigenvalue weighted by Crippen LogP contribution is 2.29. The van der Waals surface area contributed by atoms with Gasteiger partial charge in [-0.25, -0.2) is 4.79 Å². The fourth-order valence-corrected chi connectivity index (χ4v) is 3.30. The van der Waals surface area contributed by atoms with Crippen molar-refractivity contribution >= 4 is 44.8 Å². The molecule has 1 aromatic heterocycles. The van der Waals surface area contributed by atoms with Crippen LogP contribution in [0.4, 0.5) is 5.69 Å². The van der Waals surface area contributed by atoms with Crippen molar-refractivity contribution < 1.29 is 14.7 Å². The number of rotatable bonds is 3. The third-order valence-corrected chi connectivity index (χ3v) is 4.99. The largest absolute Gasteiger partial charge is 0.478 e. The van der Waals surface area contributed by atoms with Gasteiger partial charge in [0, 0.05) is 7.05 Å². The summed E-state index contributed by atoms with van der Waals surface area (Å²) in [5.41, 5.74) is 1.47. The number of anilines is 1. The van der Waals surface area contributed by atoms with E-state index in [4.69, 9.17) is 0 Å². The maximum atomic E-state index is 12.4. The predicted octanol–water partition coefficient (Wildman–Crippen LogP) is 3.79. The average molecular weight is 354 g/mol. The lowest BCUT2D eigenvalue weighted by Gasteiger charge is -2.18. The van der Waals surface area contributed by atoms with Crippen LogP contribution in [-0.4, -0.2) is 24.0 Å². The van der Waals surface area contributed by atoms with E-state index in [1.807, 2.05) is 6.92 Å². The lowest BCUT2D eigenvalue weighted by Crippen LogP contribution is -2.27. The maximum absolute atomic E-state index is 12.4. The first-order chi connectivity index (χ1) is 9.41. The Morgan fingerprint density at radius 1 is 1.30 bits per heavy atom. The Hall–Kier alpha value is -1.66. The summed E-state index contributed by atoms with van der Waals surface area (Å²) in [7, 11) is 1.58. The quantitative estimate of drug-likeness (QED) is 0.912. The number of thiophene rings is 1. The summed E-state index contributed by atoms with van der Waals surface area (Å²) in [6, 6.07) is 8.24. The topological polar surface area (TPSA) is 57.6 Å². The van der Waals surface area contributed by atoms with Gasteiger partial charge in [-0.3, -0.25) is 4.79 Å². The van der Waals surface area contributed by atoms with Crippen LogP contribution in [0.15, 0.2) is 34.1 Å². The first-order valence-corrected chi connectivity index (χ1v) is 7.39. The van der Waals surface area contributed by atoms with Crippen LogP contribution in [-0.2, 0) is 0 Å².